The minimum atomic E-state index is 0.915. The van der Waals surface area contributed by atoms with Crippen molar-refractivity contribution in [2.45, 2.75) is 31.9 Å². The zero-order valence-electron chi connectivity index (χ0n) is 8.55. The molecule has 0 radical (unpaired) electrons. The van der Waals surface area contributed by atoms with Crippen LogP contribution in [0, 0.1) is 5.92 Å². The van der Waals surface area contributed by atoms with Crippen LogP contribution < -0.4 is 0 Å². The number of likely N-dealkylation sites (tertiary alicyclic amines) is 1. The van der Waals surface area contributed by atoms with E-state index in [0.29, 0.717) is 0 Å². The summed E-state index contributed by atoms with van der Waals surface area (Å²) in [6.45, 7) is 8.62. The third kappa shape index (κ3) is 2.98. The van der Waals surface area contributed by atoms with E-state index in [1.807, 2.05) is 11.8 Å². The highest BCUT2D eigenvalue weighted by atomic mass is 32.2. The normalized spacial score (nSPS) is 22.2. The van der Waals surface area contributed by atoms with E-state index >= 15 is 0 Å². The summed E-state index contributed by atoms with van der Waals surface area (Å²) in [5.74, 6) is 0.915. The van der Waals surface area contributed by atoms with Gasteiger partial charge >= 0.3 is 0 Å². The summed E-state index contributed by atoms with van der Waals surface area (Å²) in [4.78, 5) is 2.58. The fourth-order valence-electron chi connectivity index (χ4n) is 1.46. The van der Waals surface area contributed by atoms with Crippen LogP contribution in [0.3, 0.4) is 0 Å². The lowest BCUT2D eigenvalue weighted by molar-refractivity contribution is 0.178. The molecule has 72 valence electrons. The highest BCUT2D eigenvalue weighted by Crippen LogP contribution is 2.20. The highest BCUT2D eigenvalue weighted by molar-refractivity contribution is 7.99. The van der Waals surface area contributed by atoms with Gasteiger partial charge in [-0.05, 0) is 25.1 Å². The molecule has 0 aromatic heterocycles. The molecule has 0 aromatic rings. The van der Waals surface area contributed by atoms with Crippen LogP contribution in [0.4, 0.5) is 0 Å². The second-order valence-electron chi connectivity index (χ2n) is 3.92. The third-order valence-electron chi connectivity index (χ3n) is 2.89. The van der Waals surface area contributed by atoms with Gasteiger partial charge in [0.25, 0.3) is 0 Å². The first-order valence-corrected chi connectivity index (χ1v) is 6.30. The molecule has 1 atom stereocenters. The topological polar surface area (TPSA) is 3.24 Å². The zero-order valence-corrected chi connectivity index (χ0v) is 9.36. The molecule has 1 aliphatic heterocycles. The van der Waals surface area contributed by atoms with Crippen molar-refractivity contribution in [3.05, 3.63) is 0 Å². The van der Waals surface area contributed by atoms with Gasteiger partial charge in [0.1, 0.15) is 0 Å². The van der Waals surface area contributed by atoms with E-state index in [1.54, 1.807) is 0 Å². The van der Waals surface area contributed by atoms with Gasteiger partial charge in [0.05, 0.1) is 0 Å². The maximum atomic E-state index is 2.58. The van der Waals surface area contributed by atoms with E-state index < -0.39 is 0 Å². The molecule has 0 aromatic carbocycles. The average Bonchev–Trinajstić information content (AvgIpc) is 2.01. The Bertz CT molecular complexity index is 121. The fraction of sp³-hybridized carbons (Fsp3) is 1.00. The predicted octanol–water partition coefficient (Wildman–Crippen LogP) is 2.47. The molecule has 1 nitrogen and oxygen atoms in total. The van der Waals surface area contributed by atoms with Crippen molar-refractivity contribution in [1.82, 2.24) is 4.90 Å². The quantitative estimate of drug-likeness (QED) is 0.650. The summed E-state index contributed by atoms with van der Waals surface area (Å²) in [7, 11) is 0. The Labute approximate surface area is 80.9 Å². The monoisotopic (exact) mass is 187 g/mol. The lowest BCUT2D eigenvalue weighted by Crippen LogP contribution is -2.49. The first kappa shape index (κ1) is 10.4. The van der Waals surface area contributed by atoms with Crippen LogP contribution in [0.15, 0.2) is 0 Å². The van der Waals surface area contributed by atoms with Crippen LogP contribution in [0.1, 0.15) is 26.7 Å². The first-order chi connectivity index (χ1) is 5.76. The van der Waals surface area contributed by atoms with Gasteiger partial charge in [0.15, 0.2) is 0 Å². The summed E-state index contributed by atoms with van der Waals surface area (Å²) in [5.41, 5.74) is 0. The molecule has 0 bridgehead atoms. The molecule has 0 aliphatic carbocycles. The number of nitrogens with zero attached hydrogens (tertiary/aromatic N) is 1. The Morgan fingerprint density at radius 2 is 2.17 bits per heavy atom. The second kappa shape index (κ2) is 5.13. The standard InChI is InChI=1S/C10H21NS/c1-4-9(2)5-6-11-7-10(8-11)12-3/h9-10H,4-8H2,1-3H3. The molecule has 12 heavy (non-hydrogen) atoms. The molecule has 0 N–H and O–H groups in total. The maximum absolute atomic E-state index is 2.58. The third-order valence-corrected chi connectivity index (χ3v) is 3.86. The van der Waals surface area contributed by atoms with E-state index in [9.17, 15) is 0 Å². The lowest BCUT2D eigenvalue weighted by atomic mass is 10.0. The molecule has 0 spiro atoms. The number of hydrogen-bond donors (Lipinski definition) is 0. The molecule has 1 unspecified atom stereocenters. The molecule has 1 saturated heterocycles. The summed E-state index contributed by atoms with van der Waals surface area (Å²) in [5, 5.41) is 0.932. The molecule has 1 heterocycles. The van der Waals surface area contributed by atoms with Crippen LogP contribution in [-0.4, -0.2) is 36.0 Å². The van der Waals surface area contributed by atoms with Crippen molar-refractivity contribution < 1.29 is 0 Å². The van der Waals surface area contributed by atoms with Crippen LogP contribution in [0.5, 0.6) is 0 Å². The molecule has 2 heteroatoms. The lowest BCUT2D eigenvalue weighted by Gasteiger charge is -2.38. The molecule has 1 fully saturated rings. The average molecular weight is 187 g/mol. The smallest absolute Gasteiger partial charge is 0.0299 e. The van der Waals surface area contributed by atoms with Crippen LogP contribution >= 0.6 is 11.8 Å². The van der Waals surface area contributed by atoms with Crippen molar-refractivity contribution >= 4 is 11.8 Å². The molecule has 1 aliphatic rings. The van der Waals surface area contributed by atoms with Gasteiger partial charge in [-0.25, -0.2) is 0 Å². The molecular weight excluding hydrogens is 166 g/mol. The summed E-state index contributed by atoms with van der Waals surface area (Å²) >= 11 is 2.01. The maximum Gasteiger partial charge on any atom is 0.0299 e. The Balaban J connectivity index is 1.96. The van der Waals surface area contributed by atoms with E-state index in [0.717, 1.165) is 11.2 Å². The largest absolute Gasteiger partial charge is 0.301 e. The highest BCUT2D eigenvalue weighted by Gasteiger charge is 2.24. The van der Waals surface area contributed by atoms with Crippen molar-refractivity contribution in [2.75, 3.05) is 25.9 Å². The number of thioether (sulfide) groups is 1. The van der Waals surface area contributed by atoms with E-state index in [1.165, 1.54) is 32.5 Å². The zero-order chi connectivity index (χ0) is 8.97. The van der Waals surface area contributed by atoms with E-state index in [2.05, 4.69) is 25.0 Å². The van der Waals surface area contributed by atoms with Crippen molar-refractivity contribution in [3.8, 4) is 0 Å². The van der Waals surface area contributed by atoms with Crippen molar-refractivity contribution in [3.63, 3.8) is 0 Å². The van der Waals surface area contributed by atoms with E-state index in [4.69, 9.17) is 0 Å². The molecular formula is C10H21NS. The Kier molecular flexibility index (Phi) is 4.44. The van der Waals surface area contributed by atoms with Gasteiger partial charge in [-0.3, -0.25) is 0 Å². The van der Waals surface area contributed by atoms with Crippen LogP contribution in [-0.2, 0) is 0 Å². The van der Waals surface area contributed by atoms with Crippen molar-refractivity contribution in [2.24, 2.45) is 5.92 Å². The van der Waals surface area contributed by atoms with Crippen molar-refractivity contribution in [1.29, 1.82) is 0 Å². The first-order valence-electron chi connectivity index (χ1n) is 5.01. The minimum Gasteiger partial charge on any atom is -0.301 e. The van der Waals surface area contributed by atoms with Gasteiger partial charge in [0.2, 0.25) is 0 Å². The number of hydrogen-bond acceptors (Lipinski definition) is 2. The minimum absolute atomic E-state index is 0.915. The SMILES string of the molecule is CCC(C)CCN1CC(SC)C1. The van der Waals surface area contributed by atoms with Gasteiger partial charge in [-0.1, -0.05) is 20.3 Å². The molecule has 0 saturated carbocycles. The Hall–Kier alpha value is 0.310. The fourth-order valence-corrected chi connectivity index (χ4v) is 2.18. The van der Waals surface area contributed by atoms with Gasteiger partial charge in [-0.15, -0.1) is 0 Å². The summed E-state index contributed by atoms with van der Waals surface area (Å²) in [6, 6.07) is 0. The molecule has 0 amide bonds. The van der Waals surface area contributed by atoms with Gasteiger partial charge in [0, 0.05) is 18.3 Å². The van der Waals surface area contributed by atoms with Gasteiger partial charge < -0.3 is 4.90 Å². The predicted molar refractivity (Wildman–Crippen MR) is 57.8 cm³/mol. The molecule has 1 rings (SSSR count). The number of rotatable bonds is 5. The Morgan fingerprint density at radius 1 is 1.50 bits per heavy atom. The summed E-state index contributed by atoms with van der Waals surface area (Å²) in [6.07, 6.45) is 4.94. The van der Waals surface area contributed by atoms with Crippen LogP contribution in [0.25, 0.3) is 0 Å². The Morgan fingerprint density at radius 3 is 2.67 bits per heavy atom. The second-order valence-corrected chi connectivity index (χ2v) is 5.06. The van der Waals surface area contributed by atoms with Gasteiger partial charge in [-0.2, -0.15) is 11.8 Å². The van der Waals surface area contributed by atoms with E-state index in [-0.39, 0.29) is 0 Å². The van der Waals surface area contributed by atoms with Crippen LogP contribution in [0.2, 0.25) is 0 Å². The summed E-state index contributed by atoms with van der Waals surface area (Å²) < 4.78 is 0.